The second-order valence-electron chi connectivity index (χ2n) is 8.86. The summed E-state index contributed by atoms with van der Waals surface area (Å²) in [5.41, 5.74) is 9.39. The van der Waals surface area contributed by atoms with Crippen molar-refractivity contribution in [1.82, 2.24) is 9.55 Å². The van der Waals surface area contributed by atoms with Crippen molar-refractivity contribution in [3.63, 3.8) is 0 Å². The first-order valence-corrected chi connectivity index (χ1v) is 11.3. The Balaban J connectivity index is 1.88. The van der Waals surface area contributed by atoms with Crippen LogP contribution in [0.4, 0.5) is 5.69 Å². The highest BCUT2D eigenvalue weighted by molar-refractivity contribution is 6.30. The topological polar surface area (TPSA) is 41.3 Å². The molecule has 1 fully saturated rings. The first kappa shape index (κ1) is 21.2. The van der Waals surface area contributed by atoms with Gasteiger partial charge in [-0.3, -0.25) is 4.57 Å². The molecule has 0 atom stereocenters. The number of aryl methyl sites for hydroxylation is 4. The van der Waals surface area contributed by atoms with Gasteiger partial charge in [-0.15, -0.1) is 0 Å². The molecular formula is C25H32ClN3O. The minimum atomic E-state index is 0.296. The molecule has 4 nitrogen and oxygen atoms in total. The van der Waals surface area contributed by atoms with Gasteiger partial charge in [0.15, 0.2) is 0 Å². The number of aromatic nitrogens is 2. The molecule has 1 saturated heterocycles. The van der Waals surface area contributed by atoms with E-state index in [-0.39, 0.29) is 0 Å². The minimum Gasteiger partial charge on any atom is -0.396 e. The van der Waals surface area contributed by atoms with Crippen LogP contribution in [0.1, 0.15) is 47.3 Å². The van der Waals surface area contributed by atoms with Gasteiger partial charge in [0.25, 0.3) is 0 Å². The summed E-state index contributed by atoms with van der Waals surface area (Å²) in [6, 6.07) is 6.31. The van der Waals surface area contributed by atoms with E-state index in [4.69, 9.17) is 16.6 Å². The van der Waals surface area contributed by atoms with Crippen molar-refractivity contribution >= 4 is 28.3 Å². The van der Waals surface area contributed by atoms with Crippen LogP contribution in [0.2, 0.25) is 5.02 Å². The molecule has 0 radical (unpaired) electrons. The number of hydrogen-bond donors (Lipinski definition) is 1. The molecule has 1 aliphatic heterocycles. The highest BCUT2D eigenvalue weighted by atomic mass is 35.5. The molecule has 5 heteroatoms. The molecule has 3 aromatic rings. The lowest BCUT2D eigenvalue weighted by Crippen LogP contribution is -2.34. The van der Waals surface area contributed by atoms with Crippen molar-refractivity contribution in [3.05, 3.63) is 51.3 Å². The Morgan fingerprint density at radius 1 is 1.03 bits per heavy atom. The van der Waals surface area contributed by atoms with E-state index in [1.165, 1.54) is 28.0 Å². The van der Waals surface area contributed by atoms with Crippen LogP contribution < -0.4 is 4.90 Å². The van der Waals surface area contributed by atoms with Gasteiger partial charge in [-0.1, -0.05) is 11.6 Å². The Morgan fingerprint density at radius 2 is 1.67 bits per heavy atom. The van der Waals surface area contributed by atoms with Gasteiger partial charge in [-0.2, -0.15) is 0 Å². The lowest BCUT2D eigenvalue weighted by Gasteiger charge is -2.34. The number of aliphatic hydroxyl groups is 1. The largest absolute Gasteiger partial charge is 0.396 e. The second-order valence-corrected chi connectivity index (χ2v) is 9.29. The highest BCUT2D eigenvalue weighted by Crippen LogP contribution is 2.38. The smallest absolute Gasteiger partial charge is 0.147 e. The Hall–Kier alpha value is -2.04. The van der Waals surface area contributed by atoms with Gasteiger partial charge < -0.3 is 10.0 Å². The van der Waals surface area contributed by atoms with Crippen molar-refractivity contribution in [3.8, 4) is 5.69 Å². The number of nitrogens with zero attached hydrogens (tertiary/aromatic N) is 3. The van der Waals surface area contributed by atoms with E-state index < -0.39 is 0 Å². The fourth-order valence-electron chi connectivity index (χ4n) is 5.09. The van der Waals surface area contributed by atoms with E-state index in [9.17, 15) is 5.11 Å². The highest BCUT2D eigenvalue weighted by Gasteiger charge is 2.25. The Kier molecular flexibility index (Phi) is 5.82. The quantitative estimate of drug-likeness (QED) is 0.572. The molecule has 4 rings (SSSR count). The predicted octanol–water partition coefficient (Wildman–Crippen LogP) is 5.82. The minimum absolute atomic E-state index is 0.296. The van der Waals surface area contributed by atoms with Crippen molar-refractivity contribution in [2.24, 2.45) is 5.92 Å². The first-order valence-electron chi connectivity index (χ1n) is 10.9. The maximum Gasteiger partial charge on any atom is 0.147 e. The molecule has 30 heavy (non-hydrogen) atoms. The molecule has 1 aromatic carbocycles. The van der Waals surface area contributed by atoms with Gasteiger partial charge in [0.2, 0.25) is 0 Å². The number of fused-ring (bicyclic) bond motifs is 1. The fraction of sp³-hybridized carbons (Fsp3) is 0.480. The van der Waals surface area contributed by atoms with Gasteiger partial charge in [0, 0.05) is 47.2 Å². The third kappa shape index (κ3) is 3.61. The van der Waals surface area contributed by atoms with E-state index >= 15 is 0 Å². The number of hydrogen-bond acceptors (Lipinski definition) is 3. The molecule has 1 aliphatic rings. The summed E-state index contributed by atoms with van der Waals surface area (Å²) in [6.07, 6.45) is 3.19. The van der Waals surface area contributed by atoms with E-state index in [1.807, 2.05) is 12.1 Å². The molecular weight excluding hydrogens is 394 g/mol. The Labute approximate surface area is 184 Å². The normalized spacial score (nSPS) is 15.4. The summed E-state index contributed by atoms with van der Waals surface area (Å²) >= 11 is 6.31. The second kappa shape index (κ2) is 8.24. The number of aliphatic hydroxyl groups excluding tert-OH is 1. The molecule has 0 saturated carbocycles. The number of pyridine rings is 1. The molecule has 160 valence electrons. The number of anilines is 1. The monoisotopic (exact) mass is 425 g/mol. The third-order valence-corrected chi connectivity index (χ3v) is 6.96. The van der Waals surface area contributed by atoms with Crippen LogP contribution in [0.5, 0.6) is 0 Å². The van der Waals surface area contributed by atoms with Crippen LogP contribution >= 0.6 is 11.6 Å². The maximum atomic E-state index is 9.29. The zero-order valence-corrected chi connectivity index (χ0v) is 19.5. The molecule has 0 spiro atoms. The van der Waals surface area contributed by atoms with Crippen molar-refractivity contribution in [2.45, 2.75) is 53.9 Å². The average Bonchev–Trinajstić information content (AvgIpc) is 2.92. The summed E-state index contributed by atoms with van der Waals surface area (Å²) in [5.74, 6) is 0.636. The zero-order valence-electron chi connectivity index (χ0n) is 18.7. The van der Waals surface area contributed by atoms with Crippen molar-refractivity contribution in [1.29, 1.82) is 0 Å². The lowest BCUT2D eigenvalue weighted by molar-refractivity contribution is 0.240. The Morgan fingerprint density at radius 3 is 2.27 bits per heavy atom. The summed E-state index contributed by atoms with van der Waals surface area (Å²) in [4.78, 5) is 7.53. The van der Waals surface area contributed by atoms with Crippen LogP contribution in [0.15, 0.2) is 18.2 Å². The van der Waals surface area contributed by atoms with Gasteiger partial charge in [-0.25, -0.2) is 4.98 Å². The van der Waals surface area contributed by atoms with Crippen molar-refractivity contribution in [2.75, 3.05) is 24.6 Å². The molecule has 0 unspecified atom stereocenters. The van der Waals surface area contributed by atoms with Gasteiger partial charge in [0.1, 0.15) is 5.65 Å². The number of rotatable bonds is 4. The van der Waals surface area contributed by atoms with E-state index in [0.29, 0.717) is 12.5 Å². The van der Waals surface area contributed by atoms with Crippen LogP contribution in [0.25, 0.3) is 16.7 Å². The molecule has 2 aromatic heterocycles. The van der Waals surface area contributed by atoms with Crippen LogP contribution in [-0.2, 0) is 0 Å². The average molecular weight is 426 g/mol. The van der Waals surface area contributed by atoms with E-state index in [1.54, 1.807) is 0 Å². The first-order chi connectivity index (χ1) is 14.3. The number of piperidine rings is 1. The van der Waals surface area contributed by atoms with Crippen LogP contribution in [-0.4, -0.2) is 34.4 Å². The third-order valence-electron chi connectivity index (χ3n) is 6.74. The lowest BCUT2D eigenvalue weighted by atomic mass is 9.93. The molecule has 0 bridgehead atoms. The Bertz CT molecular complexity index is 1070. The number of benzene rings is 1. The SMILES string of the molecule is Cc1cc(N2CCC(CCO)CC2)c2c(C)c(C)n(-c3c(C)cc(Cl)cc3C)c2n1. The summed E-state index contributed by atoms with van der Waals surface area (Å²) in [6.45, 7) is 13.1. The summed E-state index contributed by atoms with van der Waals surface area (Å²) < 4.78 is 2.32. The van der Waals surface area contributed by atoms with Crippen LogP contribution in [0.3, 0.4) is 0 Å². The maximum absolute atomic E-state index is 9.29. The predicted molar refractivity (Wildman–Crippen MR) is 126 cm³/mol. The van der Waals surface area contributed by atoms with E-state index in [2.05, 4.69) is 50.2 Å². The van der Waals surface area contributed by atoms with E-state index in [0.717, 1.165) is 59.8 Å². The van der Waals surface area contributed by atoms with Gasteiger partial charge in [0.05, 0.1) is 5.69 Å². The molecule has 1 N–H and O–H groups in total. The molecule has 0 aliphatic carbocycles. The standard InChI is InChI=1S/C25H32ClN3O/c1-15-12-21(26)13-16(2)24(15)29-19(5)18(4)23-22(14-17(3)27-25(23)29)28-9-6-20(7-10-28)8-11-30/h12-14,20,30H,6-11H2,1-5H3. The summed E-state index contributed by atoms with van der Waals surface area (Å²) in [5, 5.41) is 11.3. The number of halogens is 1. The van der Waals surface area contributed by atoms with Crippen LogP contribution in [0, 0.1) is 40.5 Å². The van der Waals surface area contributed by atoms with Gasteiger partial charge >= 0.3 is 0 Å². The van der Waals surface area contributed by atoms with Gasteiger partial charge in [-0.05, 0) is 94.7 Å². The fourth-order valence-corrected chi connectivity index (χ4v) is 5.42. The zero-order chi connectivity index (χ0) is 21.6. The molecule has 0 amide bonds. The van der Waals surface area contributed by atoms with Crippen molar-refractivity contribution < 1.29 is 5.11 Å². The molecule has 3 heterocycles. The summed E-state index contributed by atoms with van der Waals surface area (Å²) in [7, 11) is 0.